The number of thiophene rings is 1. The zero-order valence-electron chi connectivity index (χ0n) is 20.2. The van der Waals surface area contributed by atoms with Gasteiger partial charge in [-0.1, -0.05) is 38.1 Å². The summed E-state index contributed by atoms with van der Waals surface area (Å²) < 4.78 is 34.5. The van der Waals surface area contributed by atoms with Crippen LogP contribution in [0.2, 0.25) is 0 Å². The van der Waals surface area contributed by atoms with Crippen LogP contribution >= 0.6 is 11.3 Å². The van der Waals surface area contributed by atoms with Crippen molar-refractivity contribution in [2.75, 3.05) is 7.11 Å². The van der Waals surface area contributed by atoms with Crippen molar-refractivity contribution >= 4 is 27.5 Å². The van der Waals surface area contributed by atoms with Crippen molar-refractivity contribution < 1.29 is 23.1 Å². The number of rotatable bonds is 8. The van der Waals surface area contributed by atoms with Crippen LogP contribution in [0.5, 0.6) is 0 Å². The number of hydrogen-bond acceptors (Lipinski definition) is 7. The van der Waals surface area contributed by atoms with E-state index in [1.807, 2.05) is 46.7 Å². The van der Waals surface area contributed by atoms with E-state index in [-0.39, 0.29) is 4.21 Å². The van der Waals surface area contributed by atoms with E-state index in [9.17, 15) is 18.3 Å². The summed E-state index contributed by atoms with van der Waals surface area (Å²) in [4.78, 5) is 16.9. The van der Waals surface area contributed by atoms with Gasteiger partial charge in [0.1, 0.15) is 15.6 Å². The molecule has 0 aliphatic rings. The molecule has 3 aromatic rings. The molecule has 2 aromatic heterocycles. The molecule has 0 radical (unpaired) electrons. The molecule has 0 atom stereocenters. The number of methoxy groups -OCH3 is 1. The number of nitrogens with one attached hydrogen (secondary N) is 1. The highest BCUT2D eigenvalue weighted by Gasteiger charge is 2.28. The highest BCUT2D eigenvalue weighted by molar-refractivity contribution is 7.92. The molecule has 3 rings (SSSR count). The van der Waals surface area contributed by atoms with E-state index >= 15 is 0 Å². The molecule has 0 aliphatic carbocycles. The minimum atomic E-state index is -4.11. The second-order valence-corrected chi connectivity index (χ2v) is 12.1. The molecule has 2 N–H and O–H groups in total. The van der Waals surface area contributed by atoms with Crippen LogP contribution in [0, 0.1) is 12.8 Å². The maximum absolute atomic E-state index is 13.0. The Morgan fingerprint density at radius 1 is 1.26 bits per heavy atom. The number of aromatic nitrogens is 2. The predicted molar refractivity (Wildman–Crippen MR) is 132 cm³/mol. The van der Waals surface area contributed by atoms with Crippen LogP contribution < -0.4 is 4.72 Å². The molecule has 2 heterocycles. The van der Waals surface area contributed by atoms with Crippen LogP contribution in [0.15, 0.2) is 40.9 Å². The Morgan fingerprint density at radius 3 is 2.47 bits per heavy atom. The van der Waals surface area contributed by atoms with Crippen molar-refractivity contribution in [2.24, 2.45) is 5.92 Å². The fourth-order valence-electron chi connectivity index (χ4n) is 3.76. The van der Waals surface area contributed by atoms with Gasteiger partial charge >= 0.3 is 6.09 Å². The first-order chi connectivity index (χ1) is 15.8. The van der Waals surface area contributed by atoms with Gasteiger partial charge in [-0.2, -0.15) is 0 Å². The topological polar surface area (TPSA) is 111 Å². The van der Waals surface area contributed by atoms with Crippen LogP contribution in [0.1, 0.15) is 49.5 Å². The number of imidazole rings is 1. The molecule has 0 spiro atoms. The normalized spacial score (nSPS) is 12.2. The minimum absolute atomic E-state index is 0.0951. The fourth-order valence-corrected chi connectivity index (χ4v) is 6.83. The summed E-state index contributed by atoms with van der Waals surface area (Å²) in [5, 5.41) is 10.3. The molecule has 184 valence electrons. The zero-order chi connectivity index (χ0) is 25.3. The number of nitrogens with zero attached hydrogens (tertiary/aromatic N) is 2. The molecule has 0 unspecified atom stereocenters. The van der Waals surface area contributed by atoms with E-state index in [0.29, 0.717) is 23.9 Å². The lowest BCUT2D eigenvalue weighted by atomic mass is 9.99. The Kier molecular flexibility index (Phi) is 7.54. The van der Waals surface area contributed by atoms with E-state index in [0.717, 1.165) is 35.1 Å². The molecule has 1 aromatic carbocycles. The number of carbonyl (C=O) groups excluding carboxylic acids is 1. The lowest BCUT2D eigenvalue weighted by molar-refractivity contribution is 0.0652. The van der Waals surface area contributed by atoms with Gasteiger partial charge in [0.05, 0.1) is 7.11 Å². The van der Waals surface area contributed by atoms with Gasteiger partial charge in [0.2, 0.25) is 0 Å². The molecular formula is C24H31N3O5S2. The molecule has 0 bridgehead atoms. The molecule has 0 saturated carbocycles. The number of ether oxygens (including phenoxy) is 1. The second kappa shape index (κ2) is 9.89. The quantitative estimate of drug-likeness (QED) is 0.468. The van der Waals surface area contributed by atoms with E-state index in [1.165, 1.54) is 11.3 Å². The summed E-state index contributed by atoms with van der Waals surface area (Å²) in [6.07, 6.45) is 3.17. The lowest BCUT2D eigenvalue weighted by Crippen LogP contribution is -2.30. The second-order valence-electron chi connectivity index (χ2n) is 9.14. The third-order valence-corrected chi connectivity index (χ3v) is 8.46. The number of carbonyl (C=O) groups is 1. The Morgan fingerprint density at radius 2 is 1.91 bits per heavy atom. The predicted octanol–water partition coefficient (Wildman–Crippen LogP) is 4.44. The summed E-state index contributed by atoms with van der Waals surface area (Å²) >= 11 is 1.18. The molecule has 0 aliphatic heterocycles. The van der Waals surface area contributed by atoms with Crippen molar-refractivity contribution in [2.45, 2.75) is 57.4 Å². The number of sulfonamides is 1. The molecule has 8 nitrogen and oxygen atoms in total. The lowest BCUT2D eigenvalue weighted by Gasteiger charge is -2.18. The third kappa shape index (κ3) is 5.68. The highest BCUT2D eigenvalue weighted by Crippen LogP contribution is 2.40. The zero-order valence-corrected chi connectivity index (χ0v) is 21.9. The summed E-state index contributed by atoms with van der Waals surface area (Å²) in [5.41, 5.74) is 2.12. The summed E-state index contributed by atoms with van der Waals surface area (Å²) in [5.74, 6) is 0.905. The van der Waals surface area contributed by atoms with Crippen molar-refractivity contribution in [3.8, 4) is 11.1 Å². The van der Waals surface area contributed by atoms with Crippen molar-refractivity contribution in [3.05, 3.63) is 58.5 Å². The van der Waals surface area contributed by atoms with Crippen molar-refractivity contribution in [1.82, 2.24) is 14.3 Å². The number of amides is 1. The van der Waals surface area contributed by atoms with Gasteiger partial charge in [-0.25, -0.2) is 22.9 Å². The molecule has 1 amide bonds. The highest BCUT2D eigenvalue weighted by atomic mass is 32.2. The van der Waals surface area contributed by atoms with E-state index in [1.54, 1.807) is 20.0 Å². The minimum Gasteiger partial charge on any atom is -0.452 e. The molecule has 0 saturated heterocycles. The Balaban J connectivity index is 2.01. The molecule has 10 heteroatoms. The van der Waals surface area contributed by atoms with Gasteiger partial charge in [0.15, 0.2) is 0 Å². The van der Waals surface area contributed by atoms with Gasteiger partial charge in [-0.15, -0.1) is 11.3 Å². The summed E-state index contributed by atoms with van der Waals surface area (Å²) in [6, 6.07) is 7.60. The standard InChI is InChI=1S/C24H31N3O5S2/c1-15(2)13-19-16(3)20(21(33-19)34(30,31)26-23(28)32-6)18-9-7-17(8-10-18)14-27-12-11-25-22(27)24(4,5)29/h7-12,15,29H,13-14H2,1-6H3,(H,26,28). The van der Waals surface area contributed by atoms with Gasteiger partial charge in [0, 0.05) is 29.4 Å². The van der Waals surface area contributed by atoms with Crippen LogP contribution in [-0.4, -0.2) is 36.3 Å². The Labute approximate surface area is 204 Å². The van der Waals surface area contributed by atoms with Crippen molar-refractivity contribution in [1.29, 1.82) is 0 Å². The van der Waals surface area contributed by atoms with Crippen LogP contribution in [-0.2, 0) is 33.3 Å². The smallest absolute Gasteiger partial charge is 0.420 e. The van der Waals surface area contributed by atoms with Crippen LogP contribution in [0.4, 0.5) is 4.79 Å². The molecular weight excluding hydrogens is 474 g/mol. The van der Waals surface area contributed by atoms with Crippen LogP contribution in [0.3, 0.4) is 0 Å². The van der Waals surface area contributed by atoms with Gasteiger partial charge < -0.3 is 14.4 Å². The number of aliphatic hydroxyl groups is 1. The molecule has 0 fully saturated rings. The largest absolute Gasteiger partial charge is 0.452 e. The first-order valence-corrected chi connectivity index (χ1v) is 13.2. The van der Waals surface area contributed by atoms with Crippen LogP contribution in [0.25, 0.3) is 11.1 Å². The Bertz CT molecular complexity index is 1270. The summed E-state index contributed by atoms with van der Waals surface area (Å²) in [7, 11) is -2.98. The average molecular weight is 506 g/mol. The first-order valence-electron chi connectivity index (χ1n) is 10.9. The van der Waals surface area contributed by atoms with Gasteiger partial charge in [-0.3, -0.25) is 0 Å². The van der Waals surface area contributed by atoms with E-state index < -0.39 is 21.7 Å². The third-order valence-electron chi connectivity index (χ3n) is 5.31. The molecule has 34 heavy (non-hydrogen) atoms. The summed E-state index contributed by atoms with van der Waals surface area (Å²) in [6.45, 7) is 9.95. The van der Waals surface area contributed by atoms with Gasteiger partial charge in [-0.05, 0) is 49.8 Å². The van der Waals surface area contributed by atoms with E-state index in [2.05, 4.69) is 23.6 Å². The Hall–Kier alpha value is -2.69. The van der Waals surface area contributed by atoms with Gasteiger partial charge in [0.25, 0.3) is 10.0 Å². The van der Waals surface area contributed by atoms with E-state index in [4.69, 9.17) is 0 Å². The van der Waals surface area contributed by atoms with Crippen molar-refractivity contribution in [3.63, 3.8) is 0 Å². The SMILES string of the molecule is COC(=O)NS(=O)(=O)c1sc(CC(C)C)c(C)c1-c1ccc(Cn2ccnc2C(C)(C)O)cc1. The number of benzene rings is 1. The number of hydrogen-bond donors (Lipinski definition) is 2. The monoisotopic (exact) mass is 505 g/mol. The first kappa shape index (κ1) is 25.9. The maximum atomic E-state index is 13.0. The maximum Gasteiger partial charge on any atom is 0.420 e. The average Bonchev–Trinajstić information content (AvgIpc) is 3.33. The fraction of sp³-hybridized carbons (Fsp3) is 0.417.